The summed E-state index contributed by atoms with van der Waals surface area (Å²) in [4.78, 5) is 17.1. The summed E-state index contributed by atoms with van der Waals surface area (Å²) in [6.07, 6.45) is 7.62. The van der Waals surface area contributed by atoms with Crippen molar-refractivity contribution in [2.45, 2.75) is 46.1 Å². The molecule has 4 nitrogen and oxygen atoms in total. The zero-order valence-corrected chi connectivity index (χ0v) is 11.4. The lowest BCUT2D eigenvalue weighted by atomic mass is 9.74. The Morgan fingerprint density at radius 1 is 1.56 bits per heavy atom. The maximum atomic E-state index is 12.8. The van der Waals surface area contributed by atoms with Crippen molar-refractivity contribution in [3.05, 3.63) is 18.2 Å². The number of carbonyl (C=O) groups excluding carboxylic acids is 1. The van der Waals surface area contributed by atoms with Gasteiger partial charge in [-0.2, -0.15) is 0 Å². The Morgan fingerprint density at radius 2 is 2.39 bits per heavy atom. The van der Waals surface area contributed by atoms with Gasteiger partial charge in [-0.25, -0.2) is 4.98 Å². The molecular formula is C14H23N3O. The summed E-state index contributed by atoms with van der Waals surface area (Å²) in [5, 5.41) is 3.36. The lowest BCUT2D eigenvalue weighted by molar-refractivity contribution is 0.0713. The highest BCUT2D eigenvalue weighted by atomic mass is 16.1. The Kier molecular flexibility index (Phi) is 4.17. The fraction of sp³-hybridized carbons (Fsp3) is 0.714. The van der Waals surface area contributed by atoms with Crippen molar-refractivity contribution < 1.29 is 4.79 Å². The van der Waals surface area contributed by atoms with E-state index in [0.29, 0.717) is 5.82 Å². The van der Waals surface area contributed by atoms with E-state index < -0.39 is 0 Å². The molecule has 2 heterocycles. The van der Waals surface area contributed by atoms with Crippen LogP contribution in [-0.4, -0.2) is 28.4 Å². The quantitative estimate of drug-likeness (QED) is 0.814. The first-order valence-corrected chi connectivity index (χ1v) is 7.00. The van der Waals surface area contributed by atoms with Gasteiger partial charge in [-0.05, 0) is 32.2 Å². The Labute approximate surface area is 109 Å². The van der Waals surface area contributed by atoms with Gasteiger partial charge in [0, 0.05) is 30.9 Å². The molecule has 0 aromatic carbocycles. The highest BCUT2D eigenvalue weighted by Crippen LogP contribution is 2.33. The number of hydrogen-bond acceptors (Lipinski definition) is 3. The molecule has 0 spiro atoms. The van der Waals surface area contributed by atoms with E-state index in [4.69, 9.17) is 0 Å². The van der Waals surface area contributed by atoms with Crippen LogP contribution in [0.15, 0.2) is 12.4 Å². The molecule has 1 N–H and O–H groups in total. The number of nitrogens with one attached hydrogen (secondary N) is 1. The van der Waals surface area contributed by atoms with Crippen LogP contribution in [0.2, 0.25) is 0 Å². The van der Waals surface area contributed by atoms with Gasteiger partial charge in [0.15, 0.2) is 5.82 Å². The number of Topliss-reactive ketones (excluding diaryl/α,β-unsaturated/α-hetero) is 1. The predicted octanol–water partition coefficient (Wildman–Crippen LogP) is 2.26. The third-order valence-corrected chi connectivity index (χ3v) is 4.01. The second kappa shape index (κ2) is 5.65. The number of ketones is 1. The van der Waals surface area contributed by atoms with Gasteiger partial charge in [0.2, 0.25) is 5.78 Å². The number of aryl methyl sites for hydroxylation is 1. The molecule has 1 saturated heterocycles. The third-order valence-electron chi connectivity index (χ3n) is 4.01. The van der Waals surface area contributed by atoms with E-state index in [0.717, 1.165) is 45.3 Å². The fourth-order valence-corrected chi connectivity index (χ4v) is 2.80. The maximum Gasteiger partial charge on any atom is 0.205 e. The van der Waals surface area contributed by atoms with Gasteiger partial charge in [-0.1, -0.05) is 13.8 Å². The summed E-state index contributed by atoms with van der Waals surface area (Å²) in [5.74, 6) is 0.859. The van der Waals surface area contributed by atoms with Crippen molar-refractivity contribution >= 4 is 5.78 Å². The lowest BCUT2D eigenvalue weighted by Gasteiger charge is -2.35. The van der Waals surface area contributed by atoms with Crippen molar-refractivity contribution in [3.63, 3.8) is 0 Å². The van der Waals surface area contributed by atoms with Crippen molar-refractivity contribution in [2.75, 3.05) is 13.1 Å². The fourth-order valence-electron chi connectivity index (χ4n) is 2.80. The van der Waals surface area contributed by atoms with E-state index in [9.17, 15) is 4.79 Å². The highest BCUT2D eigenvalue weighted by Gasteiger charge is 2.40. The summed E-state index contributed by atoms with van der Waals surface area (Å²) in [7, 11) is 0. The highest BCUT2D eigenvalue weighted by molar-refractivity contribution is 5.98. The maximum absolute atomic E-state index is 12.8. The normalized spacial score (nSPS) is 24.1. The van der Waals surface area contributed by atoms with Crippen LogP contribution in [0.4, 0.5) is 0 Å². The van der Waals surface area contributed by atoms with Gasteiger partial charge in [0.05, 0.1) is 0 Å². The molecule has 0 aliphatic carbocycles. The molecule has 0 bridgehead atoms. The zero-order chi connectivity index (χ0) is 13.0. The van der Waals surface area contributed by atoms with E-state index in [1.54, 1.807) is 6.20 Å². The molecule has 1 aliphatic rings. The first-order valence-electron chi connectivity index (χ1n) is 7.00. The molecular weight excluding hydrogens is 226 g/mol. The van der Waals surface area contributed by atoms with Crippen molar-refractivity contribution in [2.24, 2.45) is 5.41 Å². The molecule has 1 fully saturated rings. The predicted molar refractivity (Wildman–Crippen MR) is 71.7 cm³/mol. The molecule has 1 aromatic heterocycles. The topological polar surface area (TPSA) is 46.9 Å². The molecule has 0 saturated carbocycles. The monoisotopic (exact) mass is 249 g/mol. The van der Waals surface area contributed by atoms with E-state index in [2.05, 4.69) is 24.1 Å². The summed E-state index contributed by atoms with van der Waals surface area (Å²) in [6, 6.07) is 0. The standard InChI is InChI=1S/C14H23N3O/c1-3-9-17-10-8-16-13(17)12(18)14(4-2)6-5-7-15-11-14/h8,10,15H,3-7,9,11H2,1-2H3. The van der Waals surface area contributed by atoms with Crippen LogP contribution in [0.25, 0.3) is 0 Å². The second-order valence-electron chi connectivity index (χ2n) is 5.19. The minimum Gasteiger partial charge on any atom is -0.329 e. The number of rotatable bonds is 5. The summed E-state index contributed by atoms with van der Waals surface area (Å²) in [6.45, 7) is 6.91. The zero-order valence-electron chi connectivity index (χ0n) is 11.4. The second-order valence-corrected chi connectivity index (χ2v) is 5.19. The molecule has 1 atom stereocenters. The number of hydrogen-bond donors (Lipinski definition) is 1. The third kappa shape index (κ3) is 2.34. The Bertz CT molecular complexity index is 405. The molecule has 1 aromatic rings. The van der Waals surface area contributed by atoms with Crippen molar-refractivity contribution in [1.29, 1.82) is 0 Å². The Balaban J connectivity index is 2.25. The molecule has 0 amide bonds. The van der Waals surface area contributed by atoms with Crippen LogP contribution in [0.5, 0.6) is 0 Å². The van der Waals surface area contributed by atoms with Crippen LogP contribution in [0.1, 0.15) is 50.1 Å². The molecule has 4 heteroatoms. The summed E-state index contributed by atoms with van der Waals surface area (Å²) in [5.41, 5.74) is -0.241. The van der Waals surface area contributed by atoms with E-state index in [1.165, 1.54) is 0 Å². The largest absolute Gasteiger partial charge is 0.329 e. The van der Waals surface area contributed by atoms with Gasteiger partial charge in [-0.3, -0.25) is 4.79 Å². The van der Waals surface area contributed by atoms with Gasteiger partial charge < -0.3 is 9.88 Å². The molecule has 100 valence electrons. The number of piperidine rings is 1. The minimum absolute atomic E-state index is 0.218. The molecule has 0 radical (unpaired) electrons. The average molecular weight is 249 g/mol. The lowest BCUT2D eigenvalue weighted by Crippen LogP contribution is -2.46. The van der Waals surface area contributed by atoms with Crippen LogP contribution < -0.4 is 5.32 Å². The van der Waals surface area contributed by atoms with Gasteiger partial charge >= 0.3 is 0 Å². The minimum atomic E-state index is -0.241. The average Bonchev–Trinajstić information content (AvgIpc) is 2.87. The number of imidazole rings is 1. The van der Waals surface area contributed by atoms with Gasteiger partial charge in [-0.15, -0.1) is 0 Å². The van der Waals surface area contributed by atoms with E-state index >= 15 is 0 Å². The van der Waals surface area contributed by atoms with Crippen molar-refractivity contribution in [3.8, 4) is 0 Å². The van der Waals surface area contributed by atoms with Gasteiger partial charge in [0.25, 0.3) is 0 Å². The number of carbonyl (C=O) groups is 1. The van der Waals surface area contributed by atoms with E-state index in [-0.39, 0.29) is 11.2 Å². The Morgan fingerprint density at radius 3 is 3.00 bits per heavy atom. The molecule has 18 heavy (non-hydrogen) atoms. The number of aromatic nitrogens is 2. The number of nitrogens with zero attached hydrogens (tertiary/aromatic N) is 2. The summed E-state index contributed by atoms with van der Waals surface area (Å²) >= 11 is 0. The van der Waals surface area contributed by atoms with Crippen LogP contribution in [0.3, 0.4) is 0 Å². The van der Waals surface area contributed by atoms with Gasteiger partial charge in [0.1, 0.15) is 0 Å². The Hall–Kier alpha value is -1.16. The SMILES string of the molecule is CCCn1ccnc1C(=O)C1(CC)CCCNC1. The van der Waals surface area contributed by atoms with Crippen LogP contribution >= 0.6 is 0 Å². The van der Waals surface area contributed by atoms with Crippen LogP contribution in [-0.2, 0) is 6.54 Å². The molecule has 1 unspecified atom stereocenters. The smallest absolute Gasteiger partial charge is 0.205 e. The van der Waals surface area contributed by atoms with Crippen LogP contribution in [0, 0.1) is 5.41 Å². The first-order chi connectivity index (χ1) is 8.73. The molecule has 1 aliphatic heterocycles. The van der Waals surface area contributed by atoms with Crippen molar-refractivity contribution in [1.82, 2.24) is 14.9 Å². The molecule has 2 rings (SSSR count). The van der Waals surface area contributed by atoms with E-state index in [1.807, 2.05) is 10.8 Å². The first kappa shape index (κ1) is 13.3. The summed E-state index contributed by atoms with van der Waals surface area (Å²) < 4.78 is 1.99.